The summed E-state index contributed by atoms with van der Waals surface area (Å²) >= 11 is 5.63. The van der Waals surface area contributed by atoms with Crippen LogP contribution in [-0.4, -0.2) is 53.8 Å². The van der Waals surface area contributed by atoms with Crippen molar-refractivity contribution < 1.29 is 4.79 Å². The van der Waals surface area contributed by atoms with Crippen molar-refractivity contribution >= 4 is 17.5 Å². The third-order valence-electron chi connectivity index (χ3n) is 4.25. The van der Waals surface area contributed by atoms with Gasteiger partial charge in [0.2, 0.25) is 5.91 Å². The summed E-state index contributed by atoms with van der Waals surface area (Å²) < 4.78 is 0. The number of carbonyl (C=O) groups excluding carboxylic acids is 1. The van der Waals surface area contributed by atoms with Gasteiger partial charge in [-0.15, -0.1) is 11.6 Å². The van der Waals surface area contributed by atoms with Crippen LogP contribution in [0.2, 0.25) is 0 Å². The van der Waals surface area contributed by atoms with Gasteiger partial charge in [0.1, 0.15) is 0 Å². The second-order valence-corrected chi connectivity index (χ2v) is 5.88. The van der Waals surface area contributed by atoms with E-state index in [4.69, 9.17) is 11.6 Å². The Morgan fingerprint density at radius 3 is 2.33 bits per heavy atom. The first kappa shape index (κ1) is 14.1. The minimum Gasteiger partial charge on any atom is -0.343 e. The van der Waals surface area contributed by atoms with Crippen LogP contribution in [0.4, 0.5) is 0 Å². The van der Waals surface area contributed by atoms with Crippen LogP contribution >= 0.6 is 11.6 Å². The van der Waals surface area contributed by atoms with Crippen LogP contribution in [-0.2, 0) is 4.79 Å². The average molecular weight is 273 g/mol. The molecule has 0 aromatic carbocycles. The van der Waals surface area contributed by atoms with E-state index in [2.05, 4.69) is 9.80 Å². The molecule has 2 rings (SSSR count). The lowest BCUT2D eigenvalue weighted by atomic mass is 10.0. The normalized spacial score (nSPS) is 22.6. The maximum atomic E-state index is 12.0. The number of piperidine rings is 1. The molecule has 0 atom stereocenters. The Morgan fingerprint density at radius 2 is 1.72 bits per heavy atom. The number of hydrogen-bond donors (Lipinski definition) is 0. The van der Waals surface area contributed by atoms with E-state index in [1.165, 1.54) is 38.8 Å². The molecule has 2 saturated heterocycles. The highest BCUT2D eigenvalue weighted by Crippen LogP contribution is 2.21. The number of hydrogen-bond acceptors (Lipinski definition) is 2. The van der Waals surface area contributed by atoms with E-state index in [1.54, 1.807) is 0 Å². The Morgan fingerprint density at radius 1 is 1.06 bits per heavy atom. The standard InChI is InChI=1S/C14H25ClN2O/c15-8-2-1-5-14(18)17-11-6-13(7-12-17)16-9-3-4-10-16/h13H,1-12H2. The summed E-state index contributed by atoms with van der Waals surface area (Å²) in [5, 5.41) is 0. The number of amides is 1. The lowest BCUT2D eigenvalue weighted by Crippen LogP contribution is -2.45. The highest BCUT2D eigenvalue weighted by molar-refractivity contribution is 6.17. The third kappa shape index (κ3) is 3.86. The Hall–Kier alpha value is -0.280. The lowest BCUT2D eigenvalue weighted by Gasteiger charge is -2.36. The SMILES string of the molecule is O=C(CCCCCl)N1CCC(N2CCCC2)CC1. The van der Waals surface area contributed by atoms with Gasteiger partial charge < -0.3 is 9.80 Å². The third-order valence-corrected chi connectivity index (χ3v) is 4.52. The predicted molar refractivity (Wildman–Crippen MR) is 75.0 cm³/mol. The molecule has 0 aromatic rings. The molecule has 0 N–H and O–H groups in total. The van der Waals surface area contributed by atoms with Crippen LogP contribution < -0.4 is 0 Å². The first-order chi connectivity index (χ1) is 8.81. The largest absolute Gasteiger partial charge is 0.343 e. The molecule has 4 heteroatoms. The van der Waals surface area contributed by atoms with Crippen molar-refractivity contribution in [2.45, 2.75) is 51.0 Å². The van der Waals surface area contributed by atoms with Gasteiger partial charge in [-0.2, -0.15) is 0 Å². The number of rotatable bonds is 5. The molecule has 2 aliphatic rings. The van der Waals surface area contributed by atoms with Crippen molar-refractivity contribution in [3.8, 4) is 0 Å². The quantitative estimate of drug-likeness (QED) is 0.567. The van der Waals surface area contributed by atoms with Crippen molar-refractivity contribution in [1.82, 2.24) is 9.80 Å². The van der Waals surface area contributed by atoms with E-state index in [-0.39, 0.29) is 0 Å². The number of nitrogens with zero attached hydrogens (tertiary/aromatic N) is 2. The van der Waals surface area contributed by atoms with Crippen LogP contribution in [0.3, 0.4) is 0 Å². The summed E-state index contributed by atoms with van der Waals surface area (Å²) in [4.78, 5) is 16.6. The van der Waals surface area contributed by atoms with Crippen LogP contribution in [0.1, 0.15) is 44.9 Å². The van der Waals surface area contributed by atoms with Crippen molar-refractivity contribution in [3.05, 3.63) is 0 Å². The molecule has 3 nitrogen and oxygen atoms in total. The van der Waals surface area contributed by atoms with Crippen LogP contribution in [0.25, 0.3) is 0 Å². The molecule has 0 spiro atoms. The Balaban J connectivity index is 1.67. The highest BCUT2D eigenvalue weighted by atomic mass is 35.5. The maximum Gasteiger partial charge on any atom is 0.222 e. The zero-order chi connectivity index (χ0) is 12.8. The Labute approximate surface area is 115 Å². The van der Waals surface area contributed by atoms with Crippen molar-refractivity contribution in [1.29, 1.82) is 0 Å². The number of halogens is 1. The fourth-order valence-electron chi connectivity index (χ4n) is 3.12. The zero-order valence-electron chi connectivity index (χ0n) is 11.2. The molecule has 0 aliphatic carbocycles. The molecule has 0 saturated carbocycles. The van der Waals surface area contributed by atoms with Gasteiger partial charge in [0.25, 0.3) is 0 Å². The summed E-state index contributed by atoms with van der Waals surface area (Å²) in [5.41, 5.74) is 0. The van der Waals surface area contributed by atoms with Gasteiger partial charge in [0.05, 0.1) is 0 Å². The summed E-state index contributed by atoms with van der Waals surface area (Å²) in [6, 6.07) is 0.736. The van der Waals surface area contributed by atoms with Gasteiger partial charge in [-0.05, 0) is 51.6 Å². The summed E-state index contributed by atoms with van der Waals surface area (Å²) in [7, 11) is 0. The van der Waals surface area contributed by atoms with E-state index >= 15 is 0 Å². The van der Waals surface area contributed by atoms with Crippen LogP contribution in [0, 0.1) is 0 Å². The van der Waals surface area contributed by atoms with Gasteiger partial charge in [-0.1, -0.05) is 0 Å². The van der Waals surface area contributed by atoms with E-state index in [1.807, 2.05) is 0 Å². The minimum absolute atomic E-state index is 0.333. The first-order valence-electron chi connectivity index (χ1n) is 7.39. The molecule has 104 valence electrons. The maximum absolute atomic E-state index is 12.0. The van der Waals surface area contributed by atoms with E-state index in [0.29, 0.717) is 18.2 Å². The van der Waals surface area contributed by atoms with Gasteiger partial charge in [-0.3, -0.25) is 4.79 Å². The van der Waals surface area contributed by atoms with Crippen molar-refractivity contribution in [2.24, 2.45) is 0 Å². The Kier molecular flexibility index (Phi) is 5.77. The zero-order valence-corrected chi connectivity index (χ0v) is 12.0. The van der Waals surface area contributed by atoms with Gasteiger partial charge in [0, 0.05) is 31.4 Å². The molecule has 2 aliphatic heterocycles. The minimum atomic E-state index is 0.333. The smallest absolute Gasteiger partial charge is 0.222 e. The molecular formula is C14H25ClN2O. The molecule has 2 fully saturated rings. The second kappa shape index (κ2) is 7.34. The fraction of sp³-hybridized carbons (Fsp3) is 0.929. The number of likely N-dealkylation sites (tertiary alicyclic amines) is 2. The molecule has 0 bridgehead atoms. The molecule has 0 aromatic heterocycles. The van der Waals surface area contributed by atoms with Gasteiger partial charge in [0.15, 0.2) is 0 Å². The molecule has 18 heavy (non-hydrogen) atoms. The monoisotopic (exact) mass is 272 g/mol. The second-order valence-electron chi connectivity index (χ2n) is 5.50. The molecule has 2 heterocycles. The summed E-state index contributed by atoms with van der Waals surface area (Å²) in [6.07, 6.45) is 7.63. The first-order valence-corrected chi connectivity index (χ1v) is 7.92. The number of carbonyl (C=O) groups is 1. The Bertz CT molecular complexity index is 259. The summed E-state index contributed by atoms with van der Waals surface area (Å²) in [6.45, 7) is 4.46. The van der Waals surface area contributed by atoms with Gasteiger partial charge in [-0.25, -0.2) is 0 Å². The molecule has 0 unspecified atom stereocenters. The van der Waals surface area contributed by atoms with Crippen LogP contribution in [0.5, 0.6) is 0 Å². The molecule has 1 amide bonds. The predicted octanol–water partition coefficient (Wildman–Crippen LogP) is 2.48. The van der Waals surface area contributed by atoms with E-state index < -0.39 is 0 Å². The lowest BCUT2D eigenvalue weighted by molar-refractivity contribution is -0.132. The van der Waals surface area contributed by atoms with Gasteiger partial charge >= 0.3 is 0 Å². The average Bonchev–Trinajstić information content (AvgIpc) is 2.93. The van der Waals surface area contributed by atoms with Crippen molar-refractivity contribution in [3.63, 3.8) is 0 Å². The fourth-order valence-corrected chi connectivity index (χ4v) is 3.30. The van der Waals surface area contributed by atoms with E-state index in [9.17, 15) is 4.79 Å². The number of unbranched alkanes of at least 4 members (excludes halogenated alkanes) is 1. The molecule has 0 radical (unpaired) electrons. The molecular weight excluding hydrogens is 248 g/mol. The van der Waals surface area contributed by atoms with E-state index in [0.717, 1.165) is 32.0 Å². The summed E-state index contributed by atoms with van der Waals surface area (Å²) in [5.74, 6) is 1.00. The number of alkyl halides is 1. The highest BCUT2D eigenvalue weighted by Gasteiger charge is 2.27. The topological polar surface area (TPSA) is 23.6 Å². The van der Waals surface area contributed by atoms with Crippen LogP contribution in [0.15, 0.2) is 0 Å². The van der Waals surface area contributed by atoms with Crippen molar-refractivity contribution in [2.75, 3.05) is 32.1 Å².